The van der Waals surface area contributed by atoms with Crippen LogP contribution in [0.2, 0.25) is 5.02 Å². The van der Waals surface area contributed by atoms with Crippen LogP contribution in [0.4, 0.5) is 0 Å². The van der Waals surface area contributed by atoms with Crippen molar-refractivity contribution in [1.29, 1.82) is 0 Å². The number of pyridine rings is 1. The van der Waals surface area contributed by atoms with E-state index in [1.165, 1.54) is 6.20 Å². The molecule has 2 N–H and O–H groups in total. The van der Waals surface area contributed by atoms with Gasteiger partial charge in [0.05, 0.1) is 10.4 Å². The summed E-state index contributed by atoms with van der Waals surface area (Å²) < 4.78 is 27.9. The van der Waals surface area contributed by atoms with Crippen LogP contribution in [0, 0.1) is 0 Å². The Hall–Kier alpha value is -1.15. The number of halogens is 1. The summed E-state index contributed by atoms with van der Waals surface area (Å²) in [5, 5.41) is 4.09. The van der Waals surface area contributed by atoms with Crippen molar-refractivity contribution in [1.82, 2.24) is 19.6 Å². The van der Waals surface area contributed by atoms with Crippen LogP contribution in [-0.4, -0.2) is 48.4 Å². The van der Waals surface area contributed by atoms with Gasteiger partial charge in [0.2, 0.25) is 10.0 Å². The lowest BCUT2D eigenvalue weighted by Crippen LogP contribution is -2.41. The highest BCUT2D eigenvalue weighted by molar-refractivity contribution is 7.89. The summed E-state index contributed by atoms with van der Waals surface area (Å²) in [4.78, 5) is 7.26. The lowest BCUT2D eigenvalue weighted by Gasteiger charge is -2.27. The molecule has 1 aliphatic heterocycles. The van der Waals surface area contributed by atoms with Crippen LogP contribution in [-0.2, 0) is 10.0 Å². The number of sulfonamides is 1. The molecule has 22 heavy (non-hydrogen) atoms. The molecule has 1 fully saturated rings. The molecule has 8 heteroatoms. The van der Waals surface area contributed by atoms with E-state index in [0.717, 1.165) is 19.4 Å². The van der Waals surface area contributed by atoms with Crippen LogP contribution >= 0.6 is 11.6 Å². The molecule has 1 atom stereocenters. The van der Waals surface area contributed by atoms with Crippen molar-refractivity contribution in [2.24, 2.45) is 0 Å². The molecule has 0 bridgehead atoms. The summed E-state index contributed by atoms with van der Waals surface area (Å²) >= 11 is 6.20. The molecule has 0 aromatic carbocycles. The Morgan fingerprint density at radius 2 is 2.32 bits per heavy atom. The fourth-order valence-corrected chi connectivity index (χ4v) is 5.15. The highest BCUT2D eigenvalue weighted by Crippen LogP contribution is 2.31. The third kappa shape index (κ3) is 2.62. The summed E-state index contributed by atoms with van der Waals surface area (Å²) in [6, 6.07) is 1.60. The SMILES string of the molecule is CCCN(C1CCNC1)S(=O)(=O)c1c[nH]c2nccc(Cl)c12. The molecule has 2 aromatic heterocycles. The van der Waals surface area contributed by atoms with E-state index in [0.29, 0.717) is 29.1 Å². The number of H-pyrrole nitrogens is 1. The van der Waals surface area contributed by atoms with Crippen LogP contribution < -0.4 is 5.32 Å². The summed E-state index contributed by atoms with van der Waals surface area (Å²) in [6.07, 6.45) is 4.64. The van der Waals surface area contributed by atoms with Gasteiger partial charge in [0.1, 0.15) is 10.5 Å². The first-order valence-electron chi connectivity index (χ1n) is 7.40. The summed E-state index contributed by atoms with van der Waals surface area (Å²) in [5.74, 6) is 0. The van der Waals surface area contributed by atoms with Gasteiger partial charge in [0.25, 0.3) is 0 Å². The van der Waals surface area contributed by atoms with E-state index < -0.39 is 10.0 Å². The normalized spacial score (nSPS) is 19.3. The summed E-state index contributed by atoms with van der Waals surface area (Å²) in [6.45, 7) is 4.01. The molecule has 1 unspecified atom stereocenters. The molecular formula is C14H19ClN4O2S. The van der Waals surface area contributed by atoms with Gasteiger partial charge >= 0.3 is 0 Å². The molecule has 3 heterocycles. The van der Waals surface area contributed by atoms with E-state index >= 15 is 0 Å². The molecule has 3 rings (SSSR count). The second-order valence-corrected chi connectivity index (χ2v) is 7.70. The van der Waals surface area contributed by atoms with Crippen LogP contribution in [0.1, 0.15) is 19.8 Å². The minimum absolute atomic E-state index is 0.00894. The second-order valence-electron chi connectivity index (χ2n) is 5.43. The Morgan fingerprint density at radius 1 is 1.50 bits per heavy atom. The molecule has 0 aliphatic carbocycles. The molecule has 0 saturated carbocycles. The van der Waals surface area contributed by atoms with E-state index in [1.54, 1.807) is 16.6 Å². The Labute approximate surface area is 134 Å². The van der Waals surface area contributed by atoms with Crippen molar-refractivity contribution >= 4 is 32.7 Å². The van der Waals surface area contributed by atoms with Gasteiger partial charge in [-0.2, -0.15) is 4.31 Å². The van der Waals surface area contributed by atoms with Crippen LogP contribution in [0.5, 0.6) is 0 Å². The zero-order valence-corrected chi connectivity index (χ0v) is 13.9. The number of nitrogens with zero attached hydrogens (tertiary/aromatic N) is 2. The quantitative estimate of drug-likeness (QED) is 0.871. The van der Waals surface area contributed by atoms with Crippen molar-refractivity contribution in [3.63, 3.8) is 0 Å². The van der Waals surface area contributed by atoms with E-state index in [-0.39, 0.29) is 10.9 Å². The first-order chi connectivity index (χ1) is 10.6. The molecule has 0 spiro atoms. The monoisotopic (exact) mass is 342 g/mol. The van der Waals surface area contributed by atoms with Gasteiger partial charge < -0.3 is 10.3 Å². The Bertz CT molecular complexity index is 768. The zero-order chi connectivity index (χ0) is 15.7. The van der Waals surface area contributed by atoms with Crippen molar-refractivity contribution in [2.75, 3.05) is 19.6 Å². The smallest absolute Gasteiger partial charge is 0.245 e. The first-order valence-corrected chi connectivity index (χ1v) is 9.21. The average Bonchev–Trinajstić information content (AvgIpc) is 3.14. The number of aromatic amines is 1. The summed E-state index contributed by atoms with van der Waals surface area (Å²) in [5.41, 5.74) is 0.493. The van der Waals surface area contributed by atoms with Gasteiger partial charge in [-0.05, 0) is 25.5 Å². The lowest BCUT2D eigenvalue weighted by molar-refractivity contribution is 0.335. The number of nitrogens with one attached hydrogen (secondary N) is 2. The Morgan fingerprint density at radius 3 is 3.00 bits per heavy atom. The van der Waals surface area contributed by atoms with Gasteiger partial charge in [-0.3, -0.25) is 0 Å². The van der Waals surface area contributed by atoms with Crippen LogP contribution in [0.25, 0.3) is 11.0 Å². The number of rotatable bonds is 5. The number of aromatic nitrogens is 2. The summed E-state index contributed by atoms with van der Waals surface area (Å²) in [7, 11) is -3.61. The molecule has 2 aromatic rings. The largest absolute Gasteiger partial charge is 0.345 e. The van der Waals surface area contributed by atoms with Crippen LogP contribution in [0.3, 0.4) is 0 Å². The molecular weight excluding hydrogens is 324 g/mol. The molecule has 0 radical (unpaired) electrons. The second kappa shape index (κ2) is 6.16. The molecule has 1 saturated heterocycles. The Kier molecular flexibility index (Phi) is 4.40. The predicted octanol–water partition coefficient (Wildman–Crippen LogP) is 1.98. The van der Waals surface area contributed by atoms with E-state index in [1.807, 2.05) is 6.92 Å². The fourth-order valence-electron chi connectivity index (χ4n) is 2.92. The Balaban J connectivity index is 2.09. The minimum atomic E-state index is -3.61. The predicted molar refractivity (Wildman–Crippen MR) is 86.6 cm³/mol. The molecule has 0 amide bonds. The number of hydrogen-bond acceptors (Lipinski definition) is 4. The molecule has 120 valence electrons. The van der Waals surface area contributed by atoms with E-state index in [9.17, 15) is 8.42 Å². The maximum atomic E-state index is 13.1. The average molecular weight is 343 g/mol. The van der Waals surface area contributed by atoms with Gasteiger partial charge in [0, 0.05) is 31.5 Å². The zero-order valence-electron chi connectivity index (χ0n) is 12.3. The number of hydrogen-bond donors (Lipinski definition) is 2. The minimum Gasteiger partial charge on any atom is -0.345 e. The van der Waals surface area contributed by atoms with Gasteiger partial charge in [-0.1, -0.05) is 18.5 Å². The third-order valence-electron chi connectivity index (χ3n) is 3.96. The topological polar surface area (TPSA) is 78.1 Å². The van der Waals surface area contributed by atoms with Gasteiger partial charge in [0.15, 0.2) is 0 Å². The third-order valence-corrected chi connectivity index (χ3v) is 6.25. The molecule has 1 aliphatic rings. The highest BCUT2D eigenvalue weighted by Gasteiger charge is 2.34. The van der Waals surface area contributed by atoms with E-state index in [4.69, 9.17) is 11.6 Å². The lowest BCUT2D eigenvalue weighted by atomic mass is 10.2. The molecule has 6 nitrogen and oxygen atoms in total. The maximum absolute atomic E-state index is 13.1. The van der Waals surface area contributed by atoms with Crippen LogP contribution in [0.15, 0.2) is 23.4 Å². The van der Waals surface area contributed by atoms with Crippen molar-refractivity contribution in [3.8, 4) is 0 Å². The first kappa shape index (κ1) is 15.7. The van der Waals surface area contributed by atoms with Gasteiger partial charge in [-0.25, -0.2) is 13.4 Å². The fraction of sp³-hybridized carbons (Fsp3) is 0.500. The standard InChI is InChI=1S/C14H19ClN4O2S/c1-2-7-19(10-3-5-16-8-10)22(20,21)12-9-18-14-13(12)11(15)4-6-17-14/h4,6,9-10,16H,2-3,5,7-8H2,1H3,(H,17,18). The van der Waals surface area contributed by atoms with Gasteiger partial charge in [-0.15, -0.1) is 0 Å². The number of fused-ring (bicyclic) bond motifs is 1. The maximum Gasteiger partial charge on any atom is 0.245 e. The van der Waals surface area contributed by atoms with Crippen molar-refractivity contribution < 1.29 is 8.42 Å². The van der Waals surface area contributed by atoms with Crippen molar-refractivity contribution in [3.05, 3.63) is 23.5 Å². The van der Waals surface area contributed by atoms with E-state index in [2.05, 4.69) is 15.3 Å². The highest BCUT2D eigenvalue weighted by atomic mass is 35.5. The van der Waals surface area contributed by atoms with Crippen molar-refractivity contribution in [2.45, 2.75) is 30.7 Å².